The van der Waals surface area contributed by atoms with Crippen LogP contribution >= 0.6 is 0 Å². The van der Waals surface area contributed by atoms with E-state index < -0.39 is 8.80 Å². The minimum atomic E-state index is -2.33. The molecule has 2 aliphatic rings. The minimum Gasteiger partial charge on any atom is -0.377 e. The van der Waals surface area contributed by atoms with Crippen LogP contribution in [0.5, 0.6) is 0 Å². The average molecular weight is 359 g/mol. The van der Waals surface area contributed by atoms with Crippen LogP contribution in [-0.4, -0.2) is 42.3 Å². The third kappa shape index (κ3) is 6.75. The zero-order valence-electron chi connectivity index (χ0n) is 16.1. The SMILES string of the molecule is CO[Si](CCCCCCCCCCC1CCC2OC2C1)(OC)OC. The van der Waals surface area contributed by atoms with Crippen LogP contribution in [0.4, 0.5) is 0 Å². The van der Waals surface area contributed by atoms with E-state index in [0.29, 0.717) is 12.2 Å². The van der Waals surface area contributed by atoms with Crippen molar-refractivity contribution < 1.29 is 18.0 Å². The van der Waals surface area contributed by atoms with Gasteiger partial charge < -0.3 is 18.0 Å². The molecule has 0 aromatic rings. The van der Waals surface area contributed by atoms with E-state index in [1.807, 2.05) is 0 Å². The maximum Gasteiger partial charge on any atom is 0.500 e. The van der Waals surface area contributed by atoms with Crippen molar-refractivity contribution in [2.45, 2.75) is 95.3 Å². The lowest BCUT2D eigenvalue weighted by atomic mass is 9.85. The fourth-order valence-electron chi connectivity index (χ4n) is 4.14. The molecule has 0 radical (unpaired) electrons. The van der Waals surface area contributed by atoms with Gasteiger partial charge in [0, 0.05) is 27.4 Å². The second-order valence-electron chi connectivity index (χ2n) is 7.55. The van der Waals surface area contributed by atoms with Crippen LogP contribution in [-0.2, 0) is 18.0 Å². The first-order valence-corrected chi connectivity index (χ1v) is 12.0. The van der Waals surface area contributed by atoms with Crippen LogP contribution in [0.15, 0.2) is 0 Å². The highest BCUT2D eigenvalue weighted by molar-refractivity contribution is 6.60. The first kappa shape index (κ1) is 20.4. The third-order valence-corrected chi connectivity index (χ3v) is 8.72. The molecule has 1 saturated heterocycles. The van der Waals surface area contributed by atoms with Crippen molar-refractivity contribution >= 4 is 8.80 Å². The van der Waals surface area contributed by atoms with E-state index in [4.69, 9.17) is 18.0 Å². The molecule has 0 spiro atoms. The maximum atomic E-state index is 5.62. The molecule has 142 valence electrons. The van der Waals surface area contributed by atoms with E-state index in [2.05, 4.69) is 0 Å². The van der Waals surface area contributed by atoms with Gasteiger partial charge in [0.15, 0.2) is 0 Å². The lowest BCUT2D eigenvalue weighted by Gasteiger charge is -2.24. The number of rotatable bonds is 14. The molecule has 0 aromatic heterocycles. The number of hydrogen-bond donors (Lipinski definition) is 0. The van der Waals surface area contributed by atoms with Crippen molar-refractivity contribution in [2.24, 2.45) is 5.92 Å². The van der Waals surface area contributed by atoms with Crippen molar-refractivity contribution in [1.82, 2.24) is 0 Å². The van der Waals surface area contributed by atoms with Gasteiger partial charge in [0.2, 0.25) is 0 Å². The van der Waals surface area contributed by atoms with Crippen molar-refractivity contribution in [3.05, 3.63) is 0 Å². The average Bonchev–Trinajstić information content (AvgIpc) is 3.39. The number of ether oxygens (including phenoxy) is 1. The van der Waals surface area contributed by atoms with Gasteiger partial charge in [-0.3, -0.25) is 0 Å². The summed E-state index contributed by atoms with van der Waals surface area (Å²) in [5.74, 6) is 0.959. The van der Waals surface area contributed by atoms with Crippen molar-refractivity contribution in [2.75, 3.05) is 21.3 Å². The van der Waals surface area contributed by atoms with Gasteiger partial charge in [-0.25, -0.2) is 0 Å². The summed E-state index contributed by atoms with van der Waals surface area (Å²) < 4.78 is 22.0. The molecule has 5 heteroatoms. The largest absolute Gasteiger partial charge is 0.500 e. The van der Waals surface area contributed by atoms with Crippen LogP contribution < -0.4 is 0 Å². The van der Waals surface area contributed by atoms with Gasteiger partial charge >= 0.3 is 8.80 Å². The van der Waals surface area contributed by atoms with Gasteiger partial charge in [-0.2, -0.15) is 0 Å². The minimum absolute atomic E-state index is 0.653. The molecule has 1 aliphatic heterocycles. The Bertz CT molecular complexity index is 327. The van der Waals surface area contributed by atoms with Gasteiger partial charge in [-0.05, 0) is 31.6 Å². The zero-order valence-corrected chi connectivity index (χ0v) is 17.1. The summed E-state index contributed by atoms with van der Waals surface area (Å²) in [6.07, 6.45) is 17.6. The molecule has 2 fully saturated rings. The van der Waals surface area contributed by atoms with Gasteiger partial charge in [0.25, 0.3) is 0 Å². The normalized spacial score (nSPS) is 26.4. The van der Waals surface area contributed by atoms with E-state index in [-0.39, 0.29) is 0 Å². The molecule has 1 aliphatic carbocycles. The highest BCUT2D eigenvalue weighted by Gasteiger charge is 2.43. The highest BCUT2D eigenvalue weighted by atomic mass is 28.4. The van der Waals surface area contributed by atoms with E-state index in [0.717, 1.165) is 18.4 Å². The first-order chi connectivity index (χ1) is 11.7. The molecule has 0 amide bonds. The second-order valence-corrected chi connectivity index (χ2v) is 10.6. The number of hydrogen-bond acceptors (Lipinski definition) is 4. The molecule has 4 nitrogen and oxygen atoms in total. The number of fused-ring (bicyclic) bond motifs is 1. The fourth-order valence-corrected chi connectivity index (χ4v) is 5.94. The van der Waals surface area contributed by atoms with E-state index >= 15 is 0 Å². The molecule has 0 bridgehead atoms. The van der Waals surface area contributed by atoms with Gasteiger partial charge in [-0.15, -0.1) is 0 Å². The smallest absolute Gasteiger partial charge is 0.377 e. The summed E-state index contributed by atoms with van der Waals surface area (Å²) in [5, 5.41) is 0. The quantitative estimate of drug-likeness (QED) is 0.250. The van der Waals surface area contributed by atoms with Crippen LogP contribution in [0.25, 0.3) is 0 Å². The summed E-state index contributed by atoms with van der Waals surface area (Å²) in [6.45, 7) is 0. The Balaban J connectivity index is 1.35. The molecule has 1 saturated carbocycles. The lowest BCUT2D eigenvalue weighted by Crippen LogP contribution is -2.42. The Morgan fingerprint density at radius 1 is 0.750 bits per heavy atom. The Labute approximate surface area is 150 Å². The van der Waals surface area contributed by atoms with Gasteiger partial charge in [0.1, 0.15) is 0 Å². The molecule has 24 heavy (non-hydrogen) atoms. The molecular weight excluding hydrogens is 320 g/mol. The van der Waals surface area contributed by atoms with Crippen LogP contribution in [0.3, 0.4) is 0 Å². The van der Waals surface area contributed by atoms with Crippen LogP contribution in [0.1, 0.15) is 77.0 Å². The molecule has 3 atom stereocenters. The predicted octanol–water partition coefficient (Wildman–Crippen LogP) is 4.94. The molecular formula is C19H38O4Si. The Morgan fingerprint density at radius 2 is 1.33 bits per heavy atom. The van der Waals surface area contributed by atoms with Gasteiger partial charge in [0.05, 0.1) is 12.2 Å². The first-order valence-electron chi connectivity index (χ1n) is 10.0. The van der Waals surface area contributed by atoms with E-state index in [9.17, 15) is 0 Å². The third-order valence-electron chi connectivity index (χ3n) is 5.89. The Hall–Kier alpha value is 0.0569. The summed E-state index contributed by atoms with van der Waals surface area (Å²) >= 11 is 0. The Kier molecular flexibility index (Phi) is 9.26. The molecule has 3 unspecified atom stereocenters. The molecule has 2 rings (SSSR count). The van der Waals surface area contributed by atoms with Crippen LogP contribution in [0, 0.1) is 5.92 Å². The highest BCUT2D eigenvalue weighted by Crippen LogP contribution is 2.41. The van der Waals surface area contributed by atoms with Crippen molar-refractivity contribution in [3.8, 4) is 0 Å². The molecule has 1 heterocycles. The topological polar surface area (TPSA) is 40.2 Å². The van der Waals surface area contributed by atoms with Crippen LogP contribution in [0.2, 0.25) is 6.04 Å². The van der Waals surface area contributed by atoms with E-state index in [1.165, 1.54) is 70.6 Å². The number of epoxide rings is 1. The summed E-state index contributed by atoms with van der Waals surface area (Å²) in [5.41, 5.74) is 0. The monoisotopic (exact) mass is 358 g/mol. The lowest BCUT2D eigenvalue weighted by molar-refractivity contribution is 0.122. The summed E-state index contributed by atoms with van der Waals surface area (Å²) in [7, 11) is 2.76. The van der Waals surface area contributed by atoms with Gasteiger partial charge in [-0.1, -0.05) is 51.4 Å². The maximum absolute atomic E-state index is 5.62. The molecule has 0 aromatic carbocycles. The van der Waals surface area contributed by atoms with E-state index in [1.54, 1.807) is 21.3 Å². The Morgan fingerprint density at radius 3 is 1.92 bits per heavy atom. The standard InChI is InChI=1S/C19H38O4Si/c1-20-24(21-2,22-3)15-11-9-7-5-4-6-8-10-12-17-13-14-18-19(16-17)23-18/h17-19H,4-16H2,1-3H3. The predicted molar refractivity (Wildman–Crippen MR) is 99.1 cm³/mol. The summed E-state index contributed by atoms with van der Waals surface area (Å²) in [4.78, 5) is 0. The van der Waals surface area contributed by atoms with Crippen molar-refractivity contribution in [1.29, 1.82) is 0 Å². The zero-order chi connectivity index (χ0) is 17.3. The van der Waals surface area contributed by atoms with Crippen molar-refractivity contribution in [3.63, 3.8) is 0 Å². The summed E-state index contributed by atoms with van der Waals surface area (Å²) in [6, 6.07) is 0.934. The second kappa shape index (κ2) is 10.9. The molecule has 0 N–H and O–H groups in total. The fraction of sp³-hybridized carbons (Fsp3) is 1.00. The number of unbranched alkanes of at least 4 members (excludes halogenated alkanes) is 7.